The van der Waals surface area contributed by atoms with Gasteiger partial charge < -0.3 is 5.32 Å². The average molecular weight is 172 g/mol. The van der Waals surface area contributed by atoms with E-state index in [0.717, 1.165) is 0 Å². The van der Waals surface area contributed by atoms with Crippen LogP contribution in [0.1, 0.15) is 20.8 Å². The minimum Gasteiger partial charge on any atom is -0.350 e. The third kappa shape index (κ3) is 2.87. The van der Waals surface area contributed by atoms with Crippen LogP contribution in [-0.2, 0) is 4.79 Å². The highest BCUT2D eigenvalue weighted by atomic mass is 19.1. The second kappa shape index (κ2) is 4.05. The van der Waals surface area contributed by atoms with Gasteiger partial charge in [-0.15, -0.1) is 0 Å². The third-order valence-electron chi connectivity index (χ3n) is 1.46. The van der Waals surface area contributed by atoms with Crippen LogP contribution < -0.4 is 5.32 Å². The molecule has 0 aromatic carbocycles. The fourth-order valence-corrected chi connectivity index (χ4v) is 0.494. The van der Waals surface area contributed by atoms with Crippen molar-refractivity contribution in [2.75, 3.05) is 6.67 Å². The van der Waals surface area contributed by atoms with E-state index in [1.165, 1.54) is 13.8 Å². The summed E-state index contributed by atoms with van der Waals surface area (Å²) >= 11 is 0. The summed E-state index contributed by atoms with van der Waals surface area (Å²) in [7, 11) is 0. The Balaban J connectivity index is 4.15. The largest absolute Gasteiger partial charge is 0.350 e. The lowest BCUT2D eigenvalue weighted by molar-refractivity contribution is -0.127. The van der Waals surface area contributed by atoms with E-state index in [2.05, 4.69) is 5.32 Å². The fourth-order valence-electron chi connectivity index (χ4n) is 0.494. The van der Waals surface area contributed by atoms with Crippen molar-refractivity contribution in [3.63, 3.8) is 0 Å². The summed E-state index contributed by atoms with van der Waals surface area (Å²) in [6.07, 6.45) is 0. The van der Waals surface area contributed by atoms with Crippen LogP contribution in [0.25, 0.3) is 0 Å². The van der Waals surface area contributed by atoms with E-state index in [9.17, 15) is 9.18 Å². The molecular formula is C8H13FN2O. The molecule has 1 unspecified atom stereocenters. The van der Waals surface area contributed by atoms with Crippen LogP contribution in [0, 0.1) is 16.7 Å². The van der Waals surface area contributed by atoms with Gasteiger partial charge in [0.05, 0.1) is 12.1 Å². The Morgan fingerprint density at radius 1 is 1.75 bits per heavy atom. The monoisotopic (exact) mass is 172 g/mol. The number of nitrogens with one attached hydrogen (secondary N) is 1. The lowest BCUT2D eigenvalue weighted by Gasteiger charge is -2.17. The van der Waals surface area contributed by atoms with E-state index < -0.39 is 24.0 Å². The molecule has 0 fully saturated rings. The van der Waals surface area contributed by atoms with E-state index in [0.29, 0.717) is 0 Å². The predicted molar refractivity (Wildman–Crippen MR) is 43.0 cm³/mol. The standard InChI is InChI=1S/C8H13FN2O/c1-6(4-9)11-7(12)8(2,3)5-10/h6H,4H2,1-3H3,(H,11,12). The summed E-state index contributed by atoms with van der Waals surface area (Å²) in [4.78, 5) is 11.2. The molecule has 0 radical (unpaired) electrons. The molecule has 1 atom stereocenters. The van der Waals surface area contributed by atoms with Gasteiger partial charge in [-0.25, -0.2) is 4.39 Å². The first kappa shape index (κ1) is 10.9. The maximum absolute atomic E-state index is 11.9. The van der Waals surface area contributed by atoms with Gasteiger partial charge in [-0.1, -0.05) is 0 Å². The first-order valence-corrected chi connectivity index (χ1v) is 3.72. The molecule has 0 heterocycles. The maximum atomic E-state index is 11.9. The Hall–Kier alpha value is -1.11. The number of hydrogen-bond acceptors (Lipinski definition) is 2. The van der Waals surface area contributed by atoms with Crippen LogP contribution in [0.3, 0.4) is 0 Å². The number of nitrogens with zero attached hydrogens (tertiary/aromatic N) is 1. The zero-order valence-corrected chi connectivity index (χ0v) is 7.52. The van der Waals surface area contributed by atoms with E-state index in [1.807, 2.05) is 6.07 Å². The zero-order chi connectivity index (χ0) is 9.78. The third-order valence-corrected chi connectivity index (χ3v) is 1.46. The summed E-state index contributed by atoms with van der Waals surface area (Å²) in [5.41, 5.74) is -1.08. The van der Waals surface area contributed by atoms with Crippen molar-refractivity contribution >= 4 is 5.91 Å². The summed E-state index contributed by atoms with van der Waals surface area (Å²) < 4.78 is 11.9. The Morgan fingerprint density at radius 3 is 2.58 bits per heavy atom. The van der Waals surface area contributed by atoms with Crippen molar-refractivity contribution < 1.29 is 9.18 Å². The number of nitriles is 1. The maximum Gasteiger partial charge on any atom is 0.240 e. The molecule has 1 N–H and O–H groups in total. The highest BCUT2D eigenvalue weighted by Gasteiger charge is 2.27. The number of rotatable bonds is 3. The molecule has 4 heteroatoms. The number of amides is 1. The van der Waals surface area contributed by atoms with Gasteiger partial charge in [0.25, 0.3) is 0 Å². The van der Waals surface area contributed by atoms with Gasteiger partial charge in [-0.3, -0.25) is 4.79 Å². The Labute approximate surface area is 71.6 Å². The van der Waals surface area contributed by atoms with Crippen molar-refractivity contribution in [1.82, 2.24) is 5.32 Å². The number of carbonyl (C=O) groups is 1. The van der Waals surface area contributed by atoms with Gasteiger partial charge >= 0.3 is 0 Å². The number of carbonyl (C=O) groups excluding carboxylic acids is 1. The SMILES string of the molecule is CC(CF)NC(=O)C(C)(C)C#N. The normalized spacial score (nSPS) is 13.2. The Kier molecular flexibility index (Phi) is 3.68. The molecule has 3 nitrogen and oxygen atoms in total. The van der Waals surface area contributed by atoms with Crippen LogP contribution >= 0.6 is 0 Å². The summed E-state index contributed by atoms with van der Waals surface area (Å²) in [6, 6.07) is 1.31. The van der Waals surface area contributed by atoms with Crippen LogP contribution in [-0.4, -0.2) is 18.6 Å². The smallest absolute Gasteiger partial charge is 0.240 e. The van der Waals surface area contributed by atoms with Crippen molar-refractivity contribution in [2.24, 2.45) is 5.41 Å². The lowest BCUT2D eigenvalue weighted by Crippen LogP contribution is -2.41. The summed E-state index contributed by atoms with van der Waals surface area (Å²) in [5.74, 6) is -0.435. The molecule has 0 aliphatic heterocycles. The topological polar surface area (TPSA) is 52.9 Å². The van der Waals surface area contributed by atoms with Crippen LogP contribution in [0.2, 0.25) is 0 Å². The minimum atomic E-state index is -1.08. The summed E-state index contributed by atoms with van der Waals surface area (Å²) in [5, 5.41) is 10.9. The van der Waals surface area contributed by atoms with Crippen LogP contribution in [0.5, 0.6) is 0 Å². The molecule has 0 aromatic rings. The van der Waals surface area contributed by atoms with Crippen molar-refractivity contribution in [2.45, 2.75) is 26.8 Å². The molecule has 0 aliphatic carbocycles. The van der Waals surface area contributed by atoms with Gasteiger partial charge in [0.2, 0.25) is 5.91 Å². The minimum absolute atomic E-state index is 0.435. The summed E-state index contributed by atoms with van der Waals surface area (Å²) in [6.45, 7) is 3.92. The molecule has 0 rings (SSSR count). The van der Waals surface area contributed by atoms with Crippen molar-refractivity contribution in [3.05, 3.63) is 0 Å². The van der Waals surface area contributed by atoms with Gasteiger partial charge in [0.15, 0.2) is 0 Å². The number of halogens is 1. The van der Waals surface area contributed by atoms with Crippen molar-refractivity contribution in [3.8, 4) is 6.07 Å². The van der Waals surface area contributed by atoms with Crippen LogP contribution in [0.4, 0.5) is 4.39 Å². The molecule has 0 bridgehead atoms. The van der Waals surface area contributed by atoms with Gasteiger partial charge in [0.1, 0.15) is 12.1 Å². The number of alkyl halides is 1. The van der Waals surface area contributed by atoms with Crippen molar-refractivity contribution in [1.29, 1.82) is 5.26 Å². The van der Waals surface area contributed by atoms with E-state index >= 15 is 0 Å². The molecule has 1 amide bonds. The quantitative estimate of drug-likeness (QED) is 0.690. The second-order valence-electron chi connectivity index (χ2n) is 3.27. The average Bonchev–Trinajstić information content (AvgIpc) is 2.04. The molecule has 0 aromatic heterocycles. The molecule has 0 saturated carbocycles. The van der Waals surface area contributed by atoms with E-state index in [-0.39, 0.29) is 0 Å². The highest BCUT2D eigenvalue weighted by molar-refractivity contribution is 5.84. The molecule has 0 saturated heterocycles. The molecular weight excluding hydrogens is 159 g/mol. The first-order valence-electron chi connectivity index (χ1n) is 3.72. The van der Waals surface area contributed by atoms with Gasteiger partial charge in [0, 0.05) is 0 Å². The Morgan fingerprint density at radius 2 is 2.25 bits per heavy atom. The zero-order valence-electron chi connectivity index (χ0n) is 7.52. The van der Waals surface area contributed by atoms with Crippen LogP contribution in [0.15, 0.2) is 0 Å². The highest BCUT2D eigenvalue weighted by Crippen LogP contribution is 2.12. The predicted octanol–water partition coefficient (Wildman–Crippen LogP) is 1.01. The molecule has 0 aliphatic rings. The van der Waals surface area contributed by atoms with E-state index in [4.69, 9.17) is 5.26 Å². The molecule has 12 heavy (non-hydrogen) atoms. The fraction of sp³-hybridized carbons (Fsp3) is 0.750. The molecule has 0 spiro atoms. The van der Waals surface area contributed by atoms with Gasteiger partial charge in [-0.2, -0.15) is 5.26 Å². The molecule has 68 valence electrons. The first-order chi connectivity index (χ1) is 5.44. The van der Waals surface area contributed by atoms with Gasteiger partial charge in [-0.05, 0) is 20.8 Å². The lowest BCUT2D eigenvalue weighted by atomic mass is 9.94. The second-order valence-corrected chi connectivity index (χ2v) is 3.27. The Bertz CT molecular complexity index is 208. The number of hydrogen-bond donors (Lipinski definition) is 1. The van der Waals surface area contributed by atoms with E-state index in [1.54, 1.807) is 6.92 Å².